The Bertz CT molecular complexity index is 793. The van der Waals surface area contributed by atoms with Gasteiger partial charge in [-0.25, -0.2) is 4.79 Å². The molecule has 0 atom stereocenters. The van der Waals surface area contributed by atoms with Crippen LogP contribution in [0, 0.1) is 0 Å². The summed E-state index contributed by atoms with van der Waals surface area (Å²) in [6.45, 7) is 6.28. The number of carboxylic acids is 1. The molecule has 0 saturated carbocycles. The zero-order valence-electron chi connectivity index (χ0n) is 13.5. The minimum atomic E-state index is -1.25. The molecule has 0 aromatic heterocycles. The highest BCUT2D eigenvalue weighted by atomic mass is 35.5. The predicted octanol–water partition coefficient (Wildman–Crippen LogP) is 5.24. The Balaban J connectivity index is 2.30. The molecule has 0 spiro atoms. The number of hydrogen-bond acceptors (Lipinski definition) is 2. The Hall–Kier alpha value is -2.04. The van der Waals surface area contributed by atoms with Gasteiger partial charge in [-0.05, 0) is 35.2 Å². The number of carboxylic acid groups (broad SMARTS) is 1. The van der Waals surface area contributed by atoms with E-state index in [9.17, 15) is 14.7 Å². The van der Waals surface area contributed by atoms with Gasteiger partial charge in [-0.15, -0.1) is 0 Å². The van der Waals surface area contributed by atoms with Gasteiger partial charge in [0.25, 0.3) is 5.91 Å². The maximum Gasteiger partial charge on any atom is 0.336 e. The van der Waals surface area contributed by atoms with Gasteiger partial charge in [-0.1, -0.05) is 56.1 Å². The number of hydrogen-bond donors (Lipinski definition) is 2. The molecule has 2 N–H and O–H groups in total. The molecule has 0 heterocycles. The zero-order valence-corrected chi connectivity index (χ0v) is 15.0. The fourth-order valence-electron chi connectivity index (χ4n) is 2.16. The molecule has 1 amide bonds. The van der Waals surface area contributed by atoms with Crippen LogP contribution in [0.25, 0.3) is 0 Å². The topological polar surface area (TPSA) is 66.4 Å². The SMILES string of the molecule is CC(C)(C)c1ccc(NC(=O)c2cc(Cl)c(Cl)cc2C(=O)O)cc1. The second-order valence-corrected chi connectivity index (χ2v) is 7.21. The van der Waals surface area contributed by atoms with Crippen molar-refractivity contribution in [2.75, 3.05) is 5.32 Å². The third-order valence-corrected chi connectivity index (χ3v) is 4.27. The van der Waals surface area contributed by atoms with Crippen molar-refractivity contribution in [1.29, 1.82) is 0 Å². The van der Waals surface area contributed by atoms with Crippen LogP contribution < -0.4 is 5.32 Å². The number of rotatable bonds is 3. The molecular weight excluding hydrogens is 349 g/mol. The van der Waals surface area contributed by atoms with Crippen LogP contribution in [-0.4, -0.2) is 17.0 Å². The van der Waals surface area contributed by atoms with E-state index in [2.05, 4.69) is 26.1 Å². The lowest BCUT2D eigenvalue weighted by atomic mass is 9.87. The summed E-state index contributed by atoms with van der Waals surface area (Å²) in [4.78, 5) is 23.7. The lowest BCUT2D eigenvalue weighted by Crippen LogP contribution is -2.17. The van der Waals surface area contributed by atoms with E-state index in [1.54, 1.807) is 12.1 Å². The molecular formula is C18H17Cl2NO3. The quantitative estimate of drug-likeness (QED) is 0.781. The summed E-state index contributed by atoms with van der Waals surface area (Å²) in [5.41, 5.74) is 1.45. The lowest BCUT2D eigenvalue weighted by Gasteiger charge is -2.19. The van der Waals surface area contributed by atoms with Crippen molar-refractivity contribution in [3.63, 3.8) is 0 Å². The number of amides is 1. The summed E-state index contributed by atoms with van der Waals surface area (Å²) < 4.78 is 0. The summed E-state index contributed by atoms with van der Waals surface area (Å²) in [5.74, 6) is -1.81. The first-order chi connectivity index (χ1) is 11.1. The van der Waals surface area contributed by atoms with E-state index >= 15 is 0 Å². The standard InChI is InChI=1S/C18H17Cl2NO3/c1-18(2,3)10-4-6-11(7-5-10)21-16(22)12-8-14(19)15(20)9-13(12)17(23)24/h4-9H,1-3H3,(H,21,22)(H,23,24). The molecule has 2 rings (SSSR count). The van der Waals surface area contributed by atoms with Gasteiger partial charge < -0.3 is 10.4 Å². The largest absolute Gasteiger partial charge is 0.478 e. The maximum atomic E-state index is 12.4. The van der Waals surface area contributed by atoms with Gasteiger partial charge in [0.1, 0.15) is 0 Å². The summed E-state index contributed by atoms with van der Waals surface area (Å²) in [6, 6.07) is 9.81. The van der Waals surface area contributed by atoms with Crippen molar-refractivity contribution in [3.05, 3.63) is 63.1 Å². The highest BCUT2D eigenvalue weighted by molar-refractivity contribution is 6.42. The maximum absolute atomic E-state index is 12.4. The van der Waals surface area contributed by atoms with Gasteiger partial charge >= 0.3 is 5.97 Å². The van der Waals surface area contributed by atoms with Crippen LogP contribution >= 0.6 is 23.2 Å². The van der Waals surface area contributed by atoms with E-state index in [0.29, 0.717) is 5.69 Å². The predicted molar refractivity (Wildman–Crippen MR) is 96.5 cm³/mol. The molecule has 0 aliphatic carbocycles. The minimum Gasteiger partial charge on any atom is -0.478 e. The van der Waals surface area contributed by atoms with E-state index in [4.69, 9.17) is 23.2 Å². The van der Waals surface area contributed by atoms with E-state index in [1.165, 1.54) is 12.1 Å². The highest BCUT2D eigenvalue weighted by Crippen LogP contribution is 2.27. The van der Waals surface area contributed by atoms with Gasteiger partial charge in [-0.2, -0.15) is 0 Å². The van der Waals surface area contributed by atoms with Crippen LogP contribution in [0.1, 0.15) is 47.1 Å². The highest BCUT2D eigenvalue weighted by Gasteiger charge is 2.20. The Labute approximate surface area is 150 Å². The van der Waals surface area contributed by atoms with E-state index in [1.807, 2.05) is 12.1 Å². The van der Waals surface area contributed by atoms with E-state index in [-0.39, 0.29) is 26.6 Å². The van der Waals surface area contributed by atoms with Crippen molar-refractivity contribution in [2.24, 2.45) is 0 Å². The van der Waals surface area contributed by atoms with Crippen LogP contribution in [0.4, 0.5) is 5.69 Å². The van der Waals surface area contributed by atoms with Crippen LogP contribution in [0.5, 0.6) is 0 Å². The minimum absolute atomic E-state index is 0.00270. The molecule has 126 valence electrons. The number of halogens is 2. The normalized spacial score (nSPS) is 11.2. The molecule has 0 aliphatic heterocycles. The monoisotopic (exact) mass is 365 g/mol. The number of nitrogens with one attached hydrogen (secondary N) is 1. The molecule has 0 bridgehead atoms. The molecule has 0 unspecified atom stereocenters. The van der Waals surface area contributed by atoms with Crippen LogP contribution in [-0.2, 0) is 5.41 Å². The van der Waals surface area contributed by atoms with Gasteiger partial charge in [0.15, 0.2) is 0 Å². The first-order valence-corrected chi connectivity index (χ1v) is 7.99. The Morgan fingerprint density at radius 2 is 1.46 bits per heavy atom. The molecule has 0 fully saturated rings. The van der Waals surface area contributed by atoms with Gasteiger partial charge in [0.2, 0.25) is 0 Å². The van der Waals surface area contributed by atoms with Crippen molar-refractivity contribution >= 4 is 40.8 Å². The first-order valence-electron chi connectivity index (χ1n) is 7.24. The molecule has 2 aromatic rings. The van der Waals surface area contributed by atoms with Crippen molar-refractivity contribution < 1.29 is 14.7 Å². The number of anilines is 1. The molecule has 2 aromatic carbocycles. The molecule has 6 heteroatoms. The molecule has 4 nitrogen and oxygen atoms in total. The summed E-state index contributed by atoms with van der Waals surface area (Å²) in [6.07, 6.45) is 0. The second kappa shape index (κ2) is 6.83. The average molecular weight is 366 g/mol. The van der Waals surface area contributed by atoms with Crippen molar-refractivity contribution in [3.8, 4) is 0 Å². The van der Waals surface area contributed by atoms with Gasteiger partial charge in [-0.3, -0.25) is 4.79 Å². The molecule has 0 saturated heterocycles. The van der Waals surface area contributed by atoms with Gasteiger partial charge in [0, 0.05) is 5.69 Å². The number of carbonyl (C=O) groups is 2. The number of carbonyl (C=O) groups excluding carboxylic acids is 1. The van der Waals surface area contributed by atoms with Crippen LogP contribution in [0.15, 0.2) is 36.4 Å². The van der Waals surface area contributed by atoms with Crippen LogP contribution in [0.2, 0.25) is 10.0 Å². The number of aromatic carboxylic acids is 1. The Morgan fingerprint density at radius 3 is 1.92 bits per heavy atom. The third-order valence-electron chi connectivity index (χ3n) is 3.54. The second-order valence-electron chi connectivity index (χ2n) is 6.40. The first kappa shape index (κ1) is 18.3. The van der Waals surface area contributed by atoms with E-state index < -0.39 is 11.9 Å². The Morgan fingerprint density at radius 1 is 0.958 bits per heavy atom. The lowest BCUT2D eigenvalue weighted by molar-refractivity contribution is 0.0692. The molecule has 0 aliphatic rings. The molecule has 0 radical (unpaired) electrons. The molecule has 24 heavy (non-hydrogen) atoms. The van der Waals surface area contributed by atoms with Gasteiger partial charge in [0.05, 0.1) is 21.2 Å². The van der Waals surface area contributed by atoms with E-state index in [0.717, 1.165) is 5.56 Å². The van der Waals surface area contributed by atoms with Crippen LogP contribution in [0.3, 0.4) is 0 Å². The van der Waals surface area contributed by atoms with Crippen molar-refractivity contribution in [2.45, 2.75) is 26.2 Å². The third kappa shape index (κ3) is 4.08. The average Bonchev–Trinajstić information content (AvgIpc) is 2.48. The Kier molecular flexibility index (Phi) is 5.21. The summed E-state index contributed by atoms with van der Waals surface area (Å²) in [7, 11) is 0. The summed E-state index contributed by atoms with van der Waals surface area (Å²) in [5, 5.41) is 12.1. The fourth-order valence-corrected chi connectivity index (χ4v) is 2.49. The number of benzene rings is 2. The smallest absolute Gasteiger partial charge is 0.336 e. The zero-order chi connectivity index (χ0) is 18.1. The summed E-state index contributed by atoms with van der Waals surface area (Å²) >= 11 is 11.7. The fraction of sp³-hybridized carbons (Fsp3) is 0.222. The van der Waals surface area contributed by atoms with Crippen molar-refractivity contribution in [1.82, 2.24) is 0 Å².